The van der Waals surface area contributed by atoms with Crippen molar-refractivity contribution in [3.05, 3.63) is 53.6 Å². The molecule has 0 N–H and O–H groups in total. The largest absolute Gasteiger partial charge is 0.497 e. The van der Waals surface area contributed by atoms with Crippen molar-refractivity contribution in [3.8, 4) is 29.6 Å². The fourth-order valence-electron chi connectivity index (χ4n) is 3.13. The van der Waals surface area contributed by atoms with Gasteiger partial charge in [-0.15, -0.1) is 6.42 Å². The lowest BCUT2D eigenvalue weighted by atomic mass is 10.1. The van der Waals surface area contributed by atoms with Gasteiger partial charge in [-0.2, -0.15) is 13.2 Å². The third-order valence-corrected chi connectivity index (χ3v) is 4.67. The molecule has 2 aromatic carbocycles. The highest BCUT2D eigenvalue weighted by molar-refractivity contribution is 5.97. The van der Waals surface area contributed by atoms with E-state index in [9.17, 15) is 18.0 Å². The van der Waals surface area contributed by atoms with Crippen molar-refractivity contribution in [2.75, 3.05) is 40.0 Å². The summed E-state index contributed by atoms with van der Waals surface area (Å²) >= 11 is 0. The fourth-order valence-corrected chi connectivity index (χ4v) is 3.13. The summed E-state index contributed by atoms with van der Waals surface area (Å²) in [5.41, 5.74) is 0.658. The molecule has 170 valence electrons. The summed E-state index contributed by atoms with van der Waals surface area (Å²) in [6.45, 7) is -0.600. The molecule has 0 bridgehead atoms. The van der Waals surface area contributed by atoms with Gasteiger partial charge in [0.05, 0.1) is 25.8 Å². The first-order valence-electron chi connectivity index (χ1n) is 9.77. The molecule has 32 heavy (non-hydrogen) atoms. The number of halogens is 3. The number of methoxy groups -OCH3 is 1. The van der Waals surface area contributed by atoms with E-state index in [0.29, 0.717) is 17.1 Å². The van der Waals surface area contributed by atoms with Crippen LogP contribution in [0, 0.1) is 12.3 Å². The zero-order valence-electron chi connectivity index (χ0n) is 17.4. The molecular formula is C23H22F3NO5. The maximum absolute atomic E-state index is 13.1. The van der Waals surface area contributed by atoms with E-state index >= 15 is 0 Å². The molecule has 2 aromatic rings. The number of terminal acetylenes is 1. The normalized spacial score (nSPS) is 16.2. The zero-order chi connectivity index (χ0) is 23.1. The average molecular weight is 449 g/mol. The lowest BCUT2D eigenvalue weighted by Gasteiger charge is -2.33. The third-order valence-electron chi connectivity index (χ3n) is 4.67. The van der Waals surface area contributed by atoms with Gasteiger partial charge in [0.25, 0.3) is 5.91 Å². The molecule has 1 aliphatic heterocycles. The SMILES string of the molecule is C#Cc1cccc(OCC2CN(C(=O)c3cc(OC)ccc3OCC(F)(F)F)CCO2)c1. The summed E-state index contributed by atoms with van der Waals surface area (Å²) in [7, 11) is 1.40. The zero-order valence-corrected chi connectivity index (χ0v) is 17.4. The summed E-state index contributed by atoms with van der Waals surface area (Å²) in [5, 5.41) is 0. The lowest BCUT2D eigenvalue weighted by molar-refractivity contribution is -0.153. The average Bonchev–Trinajstić information content (AvgIpc) is 2.80. The standard InChI is InChI=1S/C23H22F3NO5/c1-3-16-5-4-6-18(11-16)31-14-19-13-27(9-10-30-19)22(28)20-12-17(29-2)7-8-21(20)32-15-23(24,25)26/h1,4-8,11-12,19H,9-10,13-15H2,2H3. The molecule has 1 atom stereocenters. The van der Waals surface area contributed by atoms with Gasteiger partial charge < -0.3 is 23.8 Å². The first-order valence-corrected chi connectivity index (χ1v) is 9.77. The molecule has 3 rings (SSSR count). The Hall–Kier alpha value is -3.38. The molecule has 0 aliphatic carbocycles. The van der Waals surface area contributed by atoms with Crippen molar-refractivity contribution in [2.45, 2.75) is 12.3 Å². The van der Waals surface area contributed by atoms with Gasteiger partial charge in [-0.1, -0.05) is 12.0 Å². The smallest absolute Gasteiger partial charge is 0.422 e. The van der Waals surface area contributed by atoms with Crippen molar-refractivity contribution < 1.29 is 36.9 Å². The van der Waals surface area contributed by atoms with Crippen LogP contribution in [0.2, 0.25) is 0 Å². The predicted molar refractivity (Wildman–Crippen MR) is 110 cm³/mol. The summed E-state index contributed by atoms with van der Waals surface area (Å²) in [6.07, 6.45) is 0.433. The second-order valence-electron chi connectivity index (χ2n) is 6.99. The maximum Gasteiger partial charge on any atom is 0.422 e. The van der Waals surface area contributed by atoms with Gasteiger partial charge in [0.15, 0.2) is 6.61 Å². The van der Waals surface area contributed by atoms with E-state index in [1.807, 2.05) is 0 Å². The molecule has 0 spiro atoms. The van der Waals surface area contributed by atoms with Crippen molar-refractivity contribution in [1.29, 1.82) is 0 Å². The monoisotopic (exact) mass is 449 g/mol. The van der Waals surface area contributed by atoms with Crippen LogP contribution in [0.3, 0.4) is 0 Å². The number of benzene rings is 2. The van der Waals surface area contributed by atoms with Crippen LogP contribution in [0.5, 0.6) is 17.2 Å². The minimum atomic E-state index is -4.53. The molecular weight excluding hydrogens is 427 g/mol. The van der Waals surface area contributed by atoms with Crippen LogP contribution >= 0.6 is 0 Å². The number of morpholine rings is 1. The number of hydrogen-bond acceptors (Lipinski definition) is 5. The number of rotatable bonds is 7. The van der Waals surface area contributed by atoms with Crippen molar-refractivity contribution >= 4 is 5.91 Å². The van der Waals surface area contributed by atoms with Crippen molar-refractivity contribution in [2.24, 2.45) is 0 Å². The second-order valence-corrected chi connectivity index (χ2v) is 6.99. The first kappa shape index (κ1) is 23.3. The molecule has 0 saturated carbocycles. The molecule has 0 radical (unpaired) electrons. The Balaban J connectivity index is 1.69. The van der Waals surface area contributed by atoms with Gasteiger partial charge in [0, 0.05) is 12.1 Å². The Morgan fingerprint density at radius 3 is 2.75 bits per heavy atom. The van der Waals surface area contributed by atoms with E-state index < -0.39 is 24.8 Å². The summed E-state index contributed by atoms with van der Waals surface area (Å²) in [4.78, 5) is 14.6. The molecule has 0 aromatic heterocycles. The van der Waals surface area contributed by atoms with E-state index in [-0.39, 0.29) is 37.6 Å². The van der Waals surface area contributed by atoms with E-state index in [4.69, 9.17) is 25.4 Å². The van der Waals surface area contributed by atoms with Crippen LogP contribution in [0.4, 0.5) is 13.2 Å². The minimum absolute atomic E-state index is 0.0168. The topological polar surface area (TPSA) is 57.2 Å². The van der Waals surface area contributed by atoms with Gasteiger partial charge in [-0.05, 0) is 36.4 Å². The summed E-state index contributed by atoms with van der Waals surface area (Å²) < 4.78 is 59.2. The molecule has 1 saturated heterocycles. The number of hydrogen-bond donors (Lipinski definition) is 0. The van der Waals surface area contributed by atoms with Gasteiger partial charge in [-0.3, -0.25) is 4.79 Å². The van der Waals surface area contributed by atoms with Gasteiger partial charge in [0.2, 0.25) is 0 Å². The maximum atomic E-state index is 13.1. The molecule has 6 nitrogen and oxygen atoms in total. The molecule has 1 amide bonds. The summed E-state index contributed by atoms with van der Waals surface area (Å²) in [5.74, 6) is 2.77. The first-order chi connectivity index (χ1) is 15.3. The molecule has 1 heterocycles. The second kappa shape index (κ2) is 10.3. The molecule has 1 aliphatic rings. The molecule has 1 fully saturated rings. The number of carbonyl (C=O) groups excluding carboxylic acids is 1. The summed E-state index contributed by atoms with van der Waals surface area (Å²) in [6, 6.07) is 11.1. The Bertz CT molecular complexity index is 986. The Kier molecular flexibility index (Phi) is 7.49. The number of ether oxygens (including phenoxy) is 4. The van der Waals surface area contributed by atoms with Crippen LogP contribution in [-0.4, -0.2) is 63.1 Å². The van der Waals surface area contributed by atoms with Crippen LogP contribution in [0.1, 0.15) is 15.9 Å². The van der Waals surface area contributed by atoms with E-state index in [0.717, 1.165) is 0 Å². The lowest BCUT2D eigenvalue weighted by Crippen LogP contribution is -2.47. The Morgan fingerprint density at radius 1 is 1.22 bits per heavy atom. The van der Waals surface area contributed by atoms with Gasteiger partial charge >= 0.3 is 6.18 Å². The van der Waals surface area contributed by atoms with Crippen LogP contribution < -0.4 is 14.2 Å². The van der Waals surface area contributed by atoms with Gasteiger partial charge in [-0.25, -0.2) is 0 Å². The van der Waals surface area contributed by atoms with E-state index in [1.165, 1.54) is 30.2 Å². The highest BCUT2D eigenvalue weighted by Gasteiger charge is 2.31. The van der Waals surface area contributed by atoms with E-state index in [2.05, 4.69) is 5.92 Å². The third kappa shape index (κ3) is 6.31. The van der Waals surface area contributed by atoms with Crippen molar-refractivity contribution in [1.82, 2.24) is 4.90 Å². The highest BCUT2D eigenvalue weighted by Crippen LogP contribution is 2.28. The van der Waals surface area contributed by atoms with Crippen LogP contribution in [0.15, 0.2) is 42.5 Å². The van der Waals surface area contributed by atoms with Gasteiger partial charge in [0.1, 0.15) is 30.0 Å². The number of carbonyl (C=O) groups is 1. The molecule has 1 unspecified atom stereocenters. The fraction of sp³-hybridized carbons (Fsp3) is 0.348. The predicted octanol–water partition coefficient (Wildman–Crippen LogP) is 3.54. The van der Waals surface area contributed by atoms with Crippen molar-refractivity contribution in [3.63, 3.8) is 0 Å². The van der Waals surface area contributed by atoms with Crippen LogP contribution in [-0.2, 0) is 4.74 Å². The van der Waals surface area contributed by atoms with Crippen LogP contribution in [0.25, 0.3) is 0 Å². The molecule has 9 heteroatoms. The quantitative estimate of drug-likeness (QED) is 0.606. The Labute approximate surface area is 183 Å². The Morgan fingerprint density at radius 2 is 2.03 bits per heavy atom. The number of amides is 1. The number of alkyl halides is 3. The highest BCUT2D eigenvalue weighted by atomic mass is 19.4. The minimum Gasteiger partial charge on any atom is -0.497 e. The number of nitrogens with zero attached hydrogens (tertiary/aromatic N) is 1. The van der Waals surface area contributed by atoms with E-state index in [1.54, 1.807) is 24.3 Å².